The third-order valence-corrected chi connectivity index (χ3v) is 5.15. The Morgan fingerprint density at radius 3 is 2.46 bits per heavy atom. The van der Waals surface area contributed by atoms with Crippen LogP contribution in [0.5, 0.6) is 5.75 Å². The monoisotopic (exact) mass is 397 g/mol. The molecule has 1 amide bonds. The molecule has 0 spiro atoms. The van der Waals surface area contributed by atoms with Crippen LogP contribution in [0.1, 0.15) is 25.0 Å². The lowest BCUT2D eigenvalue weighted by atomic mass is 10.0. The van der Waals surface area contributed by atoms with E-state index >= 15 is 0 Å². The van der Waals surface area contributed by atoms with Gasteiger partial charge in [-0.1, -0.05) is 55.9 Å². The smallest absolute Gasteiger partial charge is 0.277 e. The lowest BCUT2D eigenvalue weighted by Crippen LogP contribution is -2.16. The summed E-state index contributed by atoms with van der Waals surface area (Å²) < 4.78 is 11.0. The Hall–Kier alpha value is -2.80. The molecule has 1 N–H and O–H groups in total. The average Bonchev–Trinajstić information content (AvgIpc) is 3.21. The van der Waals surface area contributed by atoms with Crippen LogP contribution in [-0.2, 0) is 17.6 Å². The number of amides is 1. The molecule has 0 aliphatic rings. The number of para-hydroxylation sites is 2. The highest BCUT2D eigenvalue weighted by Crippen LogP contribution is 2.30. The van der Waals surface area contributed by atoms with Crippen molar-refractivity contribution in [3.05, 3.63) is 53.6 Å². The van der Waals surface area contributed by atoms with Gasteiger partial charge in [-0.25, -0.2) is 0 Å². The van der Waals surface area contributed by atoms with Gasteiger partial charge in [0, 0.05) is 5.69 Å². The lowest BCUT2D eigenvalue weighted by molar-refractivity contribution is -0.113. The molecule has 28 heavy (non-hydrogen) atoms. The van der Waals surface area contributed by atoms with E-state index in [1.54, 1.807) is 7.11 Å². The SMILES string of the molecule is CCc1cccc(CC)c1NC(=O)CSc1nnc(-c2ccccc2OC)o1. The van der Waals surface area contributed by atoms with E-state index < -0.39 is 0 Å². The molecule has 0 fully saturated rings. The van der Waals surface area contributed by atoms with Crippen molar-refractivity contribution in [1.29, 1.82) is 0 Å². The summed E-state index contributed by atoms with van der Waals surface area (Å²) in [6, 6.07) is 13.5. The number of methoxy groups -OCH3 is 1. The highest BCUT2D eigenvalue weighted by Gasteiger charge is 2.15. The van der Waals surface area contributed by atoms with Crippen molar-refractivity contribution in [1.82, 2.24) is 10.2 Å². The number of thioether (sulfide) groups is 1. The largest absolute Gasteiger partial charge is 0.496 e. The van der Waals surface area contributed by atoms with Crippen LogP contribution in [0.15, 0.2) is 52.1 Å². The third-order valence-electron chi connectivity index (χ3n) is 4.33. The molecule has 1 aromatic heterocycles. The van der Waals surface area contributed by atoms with E-state index in [1.165, 1.54) is 11.8 Å². The van der Waals surface area contributed by atoms with Crippen LogP contribution in [0.4, 0.5) is 5.69 Å². The van der Waals surface area contributed by atoms with Crippen LogP contribution in [0.2, 0.25) is 0 Å². The van der Waals surface area contributed by atoms with Crippen LogP contribution in [0.3, 0.4) is 0 Å². The summed E-state index contributed by atoms with van der Waals surface area (Å²) in [5.74, 6) is 1.11. The van der Waals surface area contributed by atoms with Gasteiger partial charge in [0.05, 0.1) is 18.4 Å². The Bertz CT molecular complexity index is 933. The zero-order chi connectivity index (χ0) is 19.9. The molecule has 0 radical (unpaired) electrons. The van der Waals surface area contributed by atoms with E-state index in [0.717, 1.165) is 35.2 Å². The number of carbonyl (C=O) groups is 1. The molecule has 0 saturated heterocycles. The zero-order valence-corrected chi connectivity index (χ0v) is 17.0. The number of aromatic nitrogens is 2. The summed E-state index contributed by atoms with van der Waals surface area (Å²) in [6.45, 7) is 4.16. The molecule has 0 aliphatic carbocycles. The summed E-state index contributed by atoms with van der Waals surface area (Å²) in [5, 5.41) is 11.5. The molecule has 0 unspecified atom stereocenters. The summed E-state index contributed by atoms with van der Waals surface area (Å²) in [7, 11) is 1.59. The Labute approximate surface area is 168 Å². The van der Waals surface area contributed by atoms with Crippen molar-refractivity contribution in [2.75, 3.05) is 18.2 Å². The maximum absolute atomic E-state index is 12.5. The first kappa shape index (κ1) is 19.9. The quantitative estimate of drug-likeness (QED) is 0.560. The van der Waals surface area contributed by atoms with Crippen LogP contribution in [-0.4, -0.2) is 29.0 Å². The maximum Gasteiger partial charge on any atom is 0.277 e. The Kier molecular flexibility index (Phi) is 6.71. The predicted molar refractivity (Wildman–Crippen MR) is 111 cm³/mol. The maximum atomic E-state index is 12.5. The minimum atomic E-state index is -0.0994. The molecule has 0 saturated carbocycles. The van der Waals surface area contributed by atoms with E-state index in [0.29, 0.717) is 16.9 Å². The standard InChI is InChI=1S/C21H23N3O3S/c1-4-14-9-8-10-15(5-2)19(14)22-18(25)13-28-21-24-23-20(27-21)16-11-6-7-12-17(16)26-3/h6-12H,4-5,13H2,1-3H3,(H,22,25). The normalized spacial score (nSPS) is 10.7. The van der Waals surface area contributed by atoms with Gasteiger partial charge in [-0.3, -0.25) is 4.79 Å². The topological polar surface area (TPSA) is 77.2 Å². The predicted octanol–water partition coefficient (Wildman–Crippen LogP) is 4.60. The van der Waals surface area contributed by atoms with Crippen molar-refractivity contribution < 1.29 is 13.9 Å². The van der Waals surface area contributed by atoms with Crippen LogP contribution in [0.25, 0.3) is 11.5 Å². The van der Waals surface area contributed by atoms with E-state index in [4.69, 9.17) is 9.15 Å². The van der Waals surface area contributed by atoms with Gasteiger partial charge in [-0.15, -0.1) is 10.2 Å². The third kappa shape index (κ3) is 4.54. The number of aryl methyl sites for hydroxylation is 2. The van der Waals surface area contributed by atoms with Crippen molar-refractivity contribution >= 4 is 23.4 Å². The van der Waals surface area contributed by atoms with Gasteiger partial charge in [0.15, 0.2) is 0 Å². The van der Waals surface area contributed by atoms with Crippen molar-refractivity contribution in [3.63, 3.8) is 0 Å². The average molecular weight is 398 g/mol. The number of anilines is 1. The second-order valence-corrected chi connectivity index (χ2v) is 7.00. The Balaban J connectivity index is 1.66. The number of ether oxygens (including phenoxy) is 1. The fraction of sp³-hybridized carbons (Fsp3) is 0.286. The number of nitrogens with zero attached hydrogens (tertiary/aromatic N) is 2. The van der Waals surface area contributed by atoms with Crippen LogP contribution >= 0.6 is 11.8 Å². The molecule has 2 aromatic carbocycles. The number of rotatable bonds is 8. The fourth-order valence-corrected chi connectivity index (χ4v) is 3.47. The molecule has 0 aliphatic heterocycles. The molecule has 3 rings (SSSR count). The summed E-state index contributed by atoms with van der Waals surface area (Å²) in [5.41, 5.74) is 3.90. The van der Waals surface area contributed by atoms with Gasteiger partial charge in [0.1, 0.15) is 5.75 Å². The second kappa shape index (κ2) is 9.41. The van der Waals surface area contributed by atoms with Crippen molar-refractivity contribution in [2.24, 2.45) is 0 Å². The Morgan fingerprint density at radius 2 is 1.79 bits per heavy atom. The highest BCUT2D eigenvalue weighted by molar-refractivity contribution is 7.99. The first-order valence-electron chi connectivity index (χ1n) is 9.16. The Morgan fingerprint density at radius 1 is 1.07 bits per heavy atom. The van der Waals surface area contributed by atoms with Crippen molar-refractivity contribution in [3.8, 4) is 17.2 Å². The number of hydrogen-bond acceptors (Lipinski definition) is 6. The summed E-state index contributed by atoms with van der Waals surface area (Å²) in [4.78, 5) is 12.5. The molecule has 6 nitrogen and oxygen atoms in total. The molecule has 0 bridgehead atoms. The van der Waals surface area contributed by atoms with Gasteiger partial charge in [0.2, 0.25) is 5.91 Å². The molecular weight excluding hydrogens is 374 g/mol. The first-order valence-corrected chi connectivity index (χ1v) is 10.1. The first-order chi connectivity index (χ1) is 13.7. The highest BCUT2D eigenvalue weighted by atomic mass is 32.2. The molecule has 3 aromatic rings. The van der Waals surface area contributed by atoms with Gasteiger partial charge >= 0.3 is 0 Å². The molecule has 7 heteroatoms. The molecule has 0 atom stereocenters. The summed E-state index contributed by atoms with van der Waals surface area (Å²) >= 11 is 1.21. The minimum Gasteiger partial charge on any atom is -0.496 e. The minimum absolute atomic E-state index is 0.0994. The lowest BCUT2D eigenvalue weighted by Gasteiger charge is -2.14. The fourth-order valence-electron chi connectivity index (χ4n) is 2.90. The van der Waals surface area contributed by atoms with Crippen LogP contribution < -0.4 is 10.1 Å². The van der Waals surface area contributed by atoms with Gasteiger partial charge in [-0.05, 0) is 36.1 Å². The van der Waals surface area contributed by atoms with Gasteiger partial charge in [-0.2, -0.15) is 0 Å². The van der Waals surface area contributed by atoms with Gasteiger partial charge in [0.25, 0.3) is 11.1 Å². The second-order valence-electron chi connectivity index (χ2n) is 6.07. The number of hydrogen-bond donors (Lipinski definition) is 1. The van der Waals surface area contributed by atoms with E-state index in [9.17, 15) is 4.79 Å². The zero-order valence-electron chi connectivity index (χ0n) is 16.2. The van der Waals surface area contributed by atoms with Crippen molar-refractivity contribution in [2.45, 2.75) is 31.9 Å². The molecular formula is C21H23N3O3S. The van der Waals surface area contributed by atoms with Crippen LogP contribution in [0, 0.1) is 0 Å². The van der Waals surface area contributed by atoms with E-state index in [2.05, 4.69) is 29.4 Å². The number of benzene rings is 2. The van der Waals surface area contributed by atoms with E-state index in [-0.39, 0.29) is 11.7 Å². The van der Waals surface area contributed by atoms with Gasteiger partial charge < -0.3 is 14.5 Å². The van der Waals surface area contributed by atoms with E-state index in [1.807, 2.05) is 42.5 Å². The molecule has 1 heterocycles. The summed E-state index contributed by atoms with van der Waals surface area (Å²) in [6.07, 6.45) is 1.73. The number of carbonyl (C=O) groups excluding carboxylic acids is 1. The number of nitrogens with one attached hydrogen (secondary N) is 1. The molecule has 146 valence electrons.